The fourth-order valence-electron chi connectivity index (χ4n) is 2.17. The summed E-state index contributed by atoms with van der Waals surface area (Å²) in [4.78, 5) is 36.3. The van der Waals surface area contributed by atoms with E-state index in [-0.39, 0.29) is 12.2 Å². The average Bonchev–Trinajstić information content (AvgIpc) is 2.76. The number of carbonyl (C=O) groups is 1. The highest BCUT2D eigenvalue weighted by molar-refractivity contribution is 5.83. The Morgan fingerprint density at radius 2 is 2.27 bits per heavy atom. The Morgan fingerprint density at radius 3 is 2.86 bits per heavy atom. The maximum atomic E-state index is 11.7. The average molecular weight is 312 g/mol. The van der Waals surface area contributed by atoms with E-state index in [4.69, 9.17) is 9.47 Å². The minimum absolute atomic E-state index is 0.101. The quantitative estimate of drug-likeness (QED) is 0.445. The molecule has 1 aromatic heterocycles. The molecule has 1 fully saturated rings. The molecule has 9 nitrogen and oxygen atoms in total. The van der Waals surface area contributed by atoms with Crippen LogP contribution in [0.15, 0.2) is 33.5 Å². The van der Waals surface area contributed by atoms with Gasteiger partial charge in [0, 0.05) is 23.9 Å². The van der Waals surface area contributed by atoms with Crippen LogP contribution in [0.5, 0.6) is 0 Å². The van der Waals surface area contributed by atoms with Gasteiger partial charge in [-0.3, -0.25) is 14.3 Å². The minimum atomic E-state index is -1.34. The molecule has 3 atom stereocenters. The highest BCUT2D eigenvalue weighted by atomic mass is 16.5. The summed E-state index contributed by atoms with van der Waals surface area (Å²) in [5, 5.41) is 19.6. The van der Waals surface area contributed by atoms with Crippen LogP contribution in [0.25, 0.3) is 0 Å². The number of aliphatic hydroxyl groups excluding tert-OH is 2. The van der Waals surface area contributed by atoms with Crippen molar-refractivity contribution >= 4 is 5.97 Å². The predicted molar refractivity (Wildman–Crippen MR) is 73.0 cm³/mol. The van der Waals surface area contributed by atoms with E-state index in [0.717, 1.165) is 22.9 Å². The Hall–Kier alpha value is -2.23. The molecule has 2 heterocycles. The van der Waals surface area contributed by atoms with Gasteiger partial charge in [-0.25, -0.2) is 9.59 Å². The van der Waals surface area contributed by atoms with Crippen molar-refractivity contribution in [3.05, 3.63) is 44.8 Å². The van der Waals surface area contributed by atoms with Crippen LogP contribution in [0, 0.1) is 0 Å². The van der Waals surface area contributed by atoms with Gasteiger partial charge in [-0.05, 0) is 6.92 Å². The van der Waals surface area contributed by atoms with Gasteiger partial charge in [-0.1, -0.05) is 0 Å². The number of H-pyrrole nitrogens is 1. The Morgan fingerprint density at radius 1 is 1.55 bits per heavy atom. The number of nitrogens with one attached hydrogen (secondary N) is 1. The van der Waals surface area contributed by atoms with Crippen LogP contribution in [-0.2, 0) is 14.3 Å². The Kier molecular flexibility index (Phi) is 4.91. The number of aromatic amines is 1. The summed E-state index contributed by atoms with van der Waals surface area (Å²) < 4.78 is 11.1. The number of carbonyl (C=O) groups excluding carboxylic acids is 1. The van der Waals surface area contributed by atoms with Gasteiger partial charge in [0.05, 0.1) is 13.2 Å². The van der Waals surface area contributed by atoms with E-state index < -0.39 is 42.3 Å². The van der Waals surface area contributed by atoms with Gasteiger partial charge in [0.2, 0.25) is 0 Å². The molecule has 0 aromatic carbocycles. The van der Waals surface area contributed by atoms with E-state index >= 15 is 0 Å². The molecule has 1 aliphatic heterocycles. The van der Waals surface area contributed by atoms with Gasteiger partial charge < -0.3 is 19.7 Å². The van der Waals surface area contributed by atoms with Gasteiger partial charge >= 0.3 is 11.7 Å². The van der Waals surface area contributed by atoms with Crippen molar-refractivity contribution in [3.8, 4) is 0 Å². The smallest absolute Gasteiger partial charge is 0.330 e. The van der Waals surface area contributed by atoms with Crippen molar-refractivity contribution in [2.75, 3.05) is 13.2 Å². The van der Waals surface area contributed by atoms with Crippen LogP contribution in [-0.4, -0.2) is 51.2 Å². The SMILES string of the molecule is CCOC(=O)/C=C1/[C@@H](O)[C@H](n2ccc(=O)[nH]c2=O)O[C@@H]1CO. The second kappa shape index (κ2) is 6.69. The van der Waals surface area contributed by atoms with Crippen molar-refractivity contribution in [1.82, 2.24) is 9.55 Å². The molecule has 0 unspecified atom stereocenters. The number of rotatable bonds is 4. The molecule has 0 bridgehead atoms. The summed E-state index contributed by atoms with van der Waals surface area (Å²) in [6.07, 6.45) is -1.27. The van der Waals surface area contributed by atoms with Gasteiger partial charge in [-0.15, -0.1) is 0 Å². The molecule has 1 aliphatic rings. The van der Waals surface area contributed by atoms with Gasteiger partial charge in [0.25, 0.3) is 5.56 Å². The number of aliphatic hydroxyl groups is 2. The zero-order valence-corrected chi connectivity index (χ0v) is 11.8. The lowest BCUT2D eigenvalue weighted by Gasteiger charge is -2.16. The van der Waals surface area contributed by atoms with Crippen molar-refractivity contribution < 1.29 is 24.5 Å². The van der Waals surface area contributed by atoms with E-state index in [2.05, 4.69) is 0 Å². The second-order valence-electron chi connectivity index (χ2n) is 4.56. The van der Waals surface area contributed by atoms with Crippen molar-refractivity contribution in [2.24, 2.45) is 0 Å². The molecule has 0 saturated carbocycles. The molecule has 2 rings (SSSR count). The van der Waals surface area contributed by atoms with Crippen LogP contribution in [0.3, 0.4) is 0 Å². The summed E-state index contributed by atoms with van der Waals surface area (Å²) in [6.45, 7) is 1.30. The molecule has 1 saturated heterocycles. The maximum absolute atomic E-state index is 11.7. The first-order valence-corrected chi connectivity index (χ1v) is 6.62. The number of nitrogens with zero attached hydrogens (tertiary/aromatic N) is 1. The first-order chi connectivity index (χ1) is 10.5. The van der Waals surface area contributed by atoms with Crippen molar-refractivity contribution in [3.63, 3.8) is 0 Å². The zero-order valence-electron chi connectivity index (χ0n) is 11.8. The van der Waals surface area contributed by atoms with Crippen molar-refractivity contribution in [2.45, 2.75) is 25.4 Å². The van der Waals surface area contributed by atoms with Crippen LogP contribution in [0.1, 0.15) is 13.2 Å². The molecular formula is C13H16N2O7. The molecule has 0 aliphatic carbocycles. The Bertz CT molecular complexity index is 690. The van der Waals surface area contributed by atoms with E-state index in [9.17, 15) is 24.6 Å². The van der Waals surface area contributed by atoms with Gasteiger partial charge in [-0.2, -0.15) is 0 Å². The summed E-state index contributed by atoms with van der Waals surface area (Å²) >= 11 is 0. The highest BCUT2D eigenvalue weighted by Gasteiger charge is 2.40. The molecule has 22 heavy (non-hydrogen) atoms. The summed E-state index contributed by atoms with van der Waals surface area (Å²) in [5.41, 5.74) is -1.26. The topological polar surface area (TPSA) is 131 Å². The number of ether oxygens (including phenoxy) is 2. The molecule has 3 N–H and O–H groups in total. The molecule has 0 amide bonds. The highest BCUT2D eigenvalue weighted by Crippen LogP contribution is 2.32. The first kappa shape index (κ1) is 16.1. The third-order valence-electron chi connectivity index (χ3n) is 3.15. The van der Waals surface area contributed by atoms with E-state index in [1.165, 1.54) is 0 Å². The summed E-state index contributed by atoms with van der Waals surface area (Å²) in [7, 11) is 0. The van der Waals surface area contributed by atoms with Crippen LogP contribution in [0.2, 0.25) is 0 Å². The fraction of sp³-hybridized carbons (Fsp3) is 0.462. The van der Waals surface area contributed by atoms with E-state index in [1.54, 1.807) is 6.92 Å². The zero-order chi connectivity index (χ0) is 16.3. The largest absolute Gasteiger partial charge is 0.463 e. The van der Waals surface area contributed by atoms with Crippen molar-refractivity contribution in [1.29, 1.82) is 0 Å². The standard InChI is InChI=1S/C13H16N2O7/c1-2-21-10(18)5-7-8(6-16)22-12(11(7)19)15-4-3-9(17)14-13(15)20/h3-5,8,11-12,16,19H,2,6H2,1H3,(H,14,17,20)/b7-5+/t8-,11-,12-/m1/s1. The molecule has 0 spiro atoms. The minimum Gasteiger partial charge on any atom is -0.463 e. The number of hydrogen-bond acceptors (Lipinski definition) is 7. The lowest BCUT2D eigenvalue weighted by atomic mass is 10.1. The Balaban J connectivity index is 2.35. The van der Waals surface area contributed by atoms with E-state index in [0.29, 0.717) is 0 Å². The molecular weight excluding hydrogens is 296 g/mol. The number of aromatic nitrogens is 2. The normalized spacial score (nSPS) is 26.3. The molecule has 120 valence electrons. The molecule has 0 radical (unpaired) electrons. The van der Waals surface area contributed by atoms with Gasteiger partial charge in [0.15, 0.2) is 6.23 Å². The molecule has 1 aromatic rings. The first-order valence-electron chi connectivity index (χ1n) is 6.62. The van der Waals surface area contributed by atoms with Crippen LogP contribution >= 0.6 is 0 Å². The summed E-state index contributed by atoms with van der Waals surface area (Å²) in [6, 6.07) is 1.10. The predicted octanol–water partition coefficient (Wildman–Crippen LogP) is -1.72. The third kappa shape index (κ3) is 3.16. The molecule has 9 heteroatoms. The number of esters is 1. The van der Waals surface area contributed by atoms with Gasteiger partial charge in [0.1, 0.15) is 12.2 Å². The number of hydrogen-bond donors (Lipinski definition) is 3. The lowest BCUT2D eigenvalue weighted by molar-refractivity contribution is -0.137. The van der Waals surface area contributed by atoms with Crippen LogP contribution < -0.4 is 11.2 Å². The Labute approximate surface area is 124 Å². The second-order valence-corrected chi connectivity index (χ2v) is 4.56. The maximum Gasteiger partial charge on any atom is 0.330 e. The fourth-order valence-corrected chi connectivity index (χ4v) is 2.17. The summed E-state index contributed by atoms with van der Waals surface area (Å²) in [5.74, 6) is -0.687. The lowest BCUT2D eigenvalue weighted by Crippen LogP contribution is -2.35. The third-order valence-corrected chi connectivity index (χ3v) is 3.15. The monoisotopic (exact) mass is 312 g/mol. The van der Waals surface area contributed by atoms with E-state index in [1.807, 2.05) is 4.98 Å². The van der Waals surface area contributed by atoms with Crippen LogP contribution in [0.4, 0.5) is 0 Å².